The highest BCUT2D eigenvalue weighted by molar-refractivity contribution is 6.73. The van der Waals surface area contributed by atoms with Crippen LogP contribution in [0.25, 0.3) is 0 Å². The van der Waals surface area contributed by atoms with Gasteiger partial charge in [-0.05, 0) is 12.1 Å². The summed E-state index contributed by atoms with van der Waals surface area (Å²) in [6.45, 7) is -5.23. The molecule has 0 N–H and O–H groups in total. The lowest BCUT2D eigenvalue weighted by Gasteiger charge is -2.14. The van der Waals surface area contributed by atoms with Crippen molar-refractivity contribution in [1.82, 2.24) is 0 Å². The van der Waals surface area contributed by atoms with Crippen molar-refractivity contribution in [1.29, 1.82) is 0 Å². The smallest absolute Gasteiger partial charge is 0.445 e. The molecule has 2 rings (SSSR count). The van der Waals surface area contributed by atoms with Gasteiger partial charge in [-0.2, -0.15) is 0 Å². The molecular formula is C7H3BF5O2-. The van der Waals surface area contributed by atoms with E-state index >= 15 is 0 Å². The van der Waals surface area contributed by atoms with Crippen molar-refractivity contribution in [2.45, 2.75) is 6.29 Å². The van der Waals surface area contributed by atoms with Crippen molar-refractivity contribution in [3.8, 4) is 11.5 Å². The van der Waals surface area contributed by atoms with Gasteiger partial charge in [-0.1, -0.05) is 6.07 Å². The molecule has 0 aromatic heterocycles. The Morgan fingerprint density at radius 1 is 1.00 bits per heavy atom. The Morgan fingerprint density at radius 3 is 2.20 bits per heavy atom. The molecule has 0 bridgehead atoms. The first-order chi connectivity index (χ1) is 6.78. The first-order valence-corrected chi connectivity index (χ1v) is 3.88. The van der Waals surface area contributed by atoms with Crippen LogP contribution in [-0.4, -0.2) is 13.3 Å². The lowest BCUT2D eigenvalue weighted by atomic mass is 9.80. The van der Waals surface area contributed by atoms with Crippen LogP contribution < -0.4 is 14.9 Å². The quantitative estimate of drug-likeness (QED) is 0.537. The van der Waals surface area contributed by atoms with Gasteiger partial charge in [0.1, 0.15) is 0 Å². The molecule has 2 nitrogen and oxygen atoms in total. The summed E-state index contributed by atoms with van der Waals surface area (Å²) in [5.74, 6) is -1.000. The molecule has 1 heterocycles. The van der Waals surface area contributed by atoms with Crippen LogP contribution >= 0.6 is 0 Å². The molecule has 82 valence electrons. The fraction of sp³-hybridized carbons (Fsp3) is 0.143. The Kier molecular flexibility index (Phi) is 1.86. The molecule has 1 aromatic rings. The Balaban J connectivity index is 2.39. The summed E-state index contributed by atoms with van der Waals surface area (Å²) in [5.41, 5.74) is -1.00. The number of hydrogen-bond acceptors (Lipinski definition) is 2. The summed E-state index contributed by atoms with van der Waals surface area (Å²) in [5, 5.41) is 0. The van der Waals surface area contributed by atoms with Crippen molar-refractivity contribution in [3.05, 3.63) is 18.2 Å². The first kappa shape index (κ1) is 10.1. The van der Waals surface area contributed by atoms with Crippen LogP contribution in [0.2, 0.25) is 0 Å². The largest absolute Gasteiger partial charge is 0.586 e. The first-order valence-electron chi connectivity index (χ1n) is 3.88. The zero-order valence-electron chi connectivity index (χ0n) is 7.02. The van der Waals surface area contributed by atoms with Gasteiger partial charge in [-0.25, -0.2) is 0 Å². The van der Waals surface area contributed by atoms with Gasteiger partial charge in [0.05, 0.1) is 0 Å². The Morgan fingerprint density at radius 2 is 1.60 bits per heavy atom. The van der Waals surface area contributed by atoms with Crippen LogP contribution in [-0.2, 0) is 0 Å². The van der Waals surface area contributed by atoms with E-state index in [0.717, 1.165) is 6.07 Å². The minimum atomic E-state index is -5.23. The number of hydrogen-bond donors (Lipinski definition) is 0. The summed E-state index contributed by atoms with van der Waals surface area (Å²) < 4.78 is 69.4. The van der Waals surface area contributed by atoms with Crippen LogP contribution in [0, 0.1) is 0 Å². The molecule has 0 saturated carbocycles. The fourth-order valence-corrected chi connectivity index (χ4v) is 1.17. The molecule has 0 amide bonds. The Labute approximate surface area is 80.7 Å². The van der Waals surface area contributed by atoms with E-state index in [1.54, 1.807) is 0 Å². The second kappa shape index (κ2) is 2.77. The third kappa shape index (κ3) is 1.83. The van der Waals surface area contributed by atoms with E-state index < -0.39 is 30.2 Å². The topological polar surface area (TPSA) is 18.5 Å². The van der Waals surface area contributed by atoms with Gasteiger partial charge < -0.3 is 22.4 Å². The van der Waals surface area contributed by atoms with Gasteiger partial charge in [0.25, 0.3) is 0 Å². The average Bonchev–Trinajstić information content (AvgIpc) is 2.34. The standard InChI is InChI=1S/C7H3BF5O2/c9-7(10)14-5-2-1-4(8(11,12)13)3-6(5)15-7/h1-3H/q-1. The zero-order chi connectivity index (χ0) is 11.3. The predicted molar refractivity (Wildman–Crippen MR) is 41.4 cm³/mol. The van der Waals surface area contributed by atoms with Crippen LogP contribution in [0.3, 0.4) is 0 Å². The van der Waals surface area contributed by atoms with Crippen LogP contribution in [0.1, 0.15) is 0 Å². The molecule has 1 aliphatic rings. The molecule has 1 aliphatic heterocycles. The highest BCUT2D eigenvalue weighted by Gasteiger charge is 2.44. The molecule has 0 unspecified atom stereocenters. The highest BCUT2D eigenvalue weighted by Crippen LogP contribution is 2.40. The van der Waals surface area contributed by atoms with Crippen molar-refractivity contribution in [3.63, 3.8) is 0 Å². The van der Waals surface area contributed by atoms with Crippen molar-refractivity contribution < 1.29 is 31.2 Å². The average molecular weight is 225 g/mol. The molecule has 0 saturated heterocycles. The summed E-state index contributed by atoms with van der Waals surface area (Å²) in [6.07, 6.45) is -3.89. The maximum atomic E-state index is 12.4. The second-order valence-electron chi connectivity index (χ2n) is 2.95. The van der Waals surface area contributed by atoms with Gasteiger partial charge >= 0.3 is 13.3 Å². The molecule has 8 heteroatoms. The van der Waals surface area contributed by atoms with E-state index in [1.807, 2.05) is 0 Å². The number of halogens is 5. The van der Waals surface area contributed by atoms with Crippen molar-refractivity contribution >= 4 is 12.4 Å². The molecule has 0 aliphatic carbocycles. The lowest BCUT2D eigenvalue weighted by molar-refractivity contribution is -0.286. The summed E-state index contributed by atoms with van der Waals surface area (Å²) in [6, 6.07) is 1.97. The molecule has 15 heavy (non-hydrogen) atoms. The van der Waals surface area contributed by atoms with Gasteiger partial charge in [-0.3, -0.25) is 0 Å². The Bertz CT molecular complexity index is 403. The van der Waals surface area contributed by atoms with Gasteiger partial charge in [0.15, 0.2) is 11.5 Å². The van der Waals surface area contributed by atoms with Crippen molar-refractivity contribution in [2.75, 3.05) is 0 Å². The van der Waals surface area contributed by atoms with E-state index in [0.29, 0.717) is 12.1 Å². The normalized spacial score (nSPS) is 17.9. The molecule has 0 spiro atoms. The molecule has 0 radical (unpaired) electrons. The Hall–Kier alpha value is -1.47. The van der Waals surface area contributed by atoms with E-state index in [2.05, 4.69) is 9.47 Å². The summed E-state index contributed by atoms with van der Waals surface area (Å²) in [7, 11) is 0. The fourth-order valence-electron chi connectivity index (χ4n) is 1.17. The van der Waals surface area contributed by atoms with Gasteiger partial charge in [0, 0.05) is 0 Å². The maximum Gasteiger partial charge on any atom is 0.586 e. The number of benzene rings is 1. The number of ether oxygens (including phenoxy) is 2. The molecule has 0 fully saturated rings. The SMILES string of the molecule is F[B-](F)(F)c1ccc2c(c1)OC(F)(F)O2. The zero-order valence-corrected chi connectivity index (χ0v) is 7.02. The van der Waals surface area contributed by atoms with E-state index in [1.165, 1.54) is 0 Å². The van der Waals surface area contributed by atoms with Crippen molar-refractivity contribution in [2.24, 2.45) is 0 Å². The highest BCUT2D eigenvalue weighted by atomic mass is 19.4. The van der Waals surface area contributed by atoms with Gasteiger partial charge in [0.2, 0.25) is 0 Å². The minimum absolute atomic E-state index is 0.399. The van der Waals surface area contributed by atoms with Crippen LogP contribution in [0.5, 0.6) is 11.5 Å². The minimum Gasteiger partial charge on any atom is -0.445 e. The number of rotatable bonds is 1. The molecule has 1 aromatic carbocycles. The number of alkyl halides is 2. The summed E-state index contributed by atoms with van der Waals surface area (Å²) >= 11 is 0. The number of fused-ring (bicyclic) bond motifs is 1. The third-order valence-corrected chi connectivity index (χ3v) is 1.80. The third-order valence-electron chi connectivity index (χ3n) is 1.80. The van der Waals surface area contributed by atoms with E-state index in [9.17, 15) is 21.7 Å². The van der Waals surface area contributed by atoms with Crippen LogP contribution in [0.15, 0.2) is 18.2 Å². The predicted octanol–water partition coefficient (Wildman–Crippen LogP) is 2.06. The molecular weight excluding hydrogens is 222 g/mol. The van der Waals surface area contributed by atoms with E-state index in [-0.39, 0.29) is 0 Å². The maximum absolute atomic E-state index is 12.4. The summed E-state index contributed by atoms with van der Waals surface area (Å²) in [4.78, 5) is 0. The lowest BCUT2D eigenvalue weighted by Crippen LogP contribution is -2.33. The monoisotopic (exact) mass is 225 g/mol. The van der Waals surface area contributed by atoms with Crippen LogP contribution in [0.4, 0.5) is 21.7 Å². The second-order valence-corrected chi connectivity index (χ2v) is 2.95. The van der Waals surface area contributed by atoms with E-state index in [4.69, 9.17) is 0 Å². The van der Waals surface area contributed by atoms with Gasteiger partial charge in [-0.15, -0.1) is 14.2 Å². The molecule has 0 atom stereocenters.